The van der Waals surface area contributed by atoms with Crippen LogP contribution in [0.3, 0.4) is 0 Å². The number of rotatable bonds is 6. The second-order valence-electron chi connectivity index (χ2n) is 5.20. The second-order valence-corrected chi connectivity index (χ2v) is 5.20. The summed E-state index contributed by atoms with van der Waals surface area (Å²) in [5.41, 5.74) is 8.99. The van der Waals surface area contributed by atoms with Gasteiger partial charge >= 0.3 is 0 Å². The number of benzene rings is 1. The molecule has 104 valence electrons. The fourth-order valence-electron chi connectivity index (χ4n) is 2.47. The molecular formula is C15H23N3O. The van der Waals surface area contributed by atoms with Crippen LogP contribution in [0.2, 0.25) is 0 Å². The molecule has 0 fully saturated rings. The molecule has 0 spiro atoms. The van der Waals surface area contributed by atoms with Gasteiger partial charge in [0.25, 0.3) is 0 Å². The van der Waals surface area contributed by atoms with Crippen LogP contribution < -0.4 is 5.73 Å². The molecule has 0 amide bonds. The van der Waals surface area contributed by atoms with Crippen molar-refractivity contribution in [3.63, 3.8) is 0 Å². The van der Waals surface area contributed by atoms with E-state index in [-0.39, 0.29) is 6.61 Å². The van der Waals surface area contributed by atoms with Gasteiger partial charge in [-0.1, -0.05) is 6.07 Å². The first-order valence-corrected chi connectivity index (χ1v) is 6.98. The quantitative estimate of drug-likeness (QED) is 0.785. The van der Waals surface area contributed by atoms with Gasteiger partial charge in [-0.3, -0.25) is 0 Å². The number of nitrogens with zero attached hydrogens (tertiary/aromatic N) is 2. The highest BCUT2D eigenvalue weighted by atomic mass is 16.2. The summed E-state index contributed by atoms with van der Waals surface area (Å²) in [6.45, 7) is 5.14. The van der Waals surface area contributed by atoms with Crippen LogP contribution in [-0.4, -0.2) is 21.3 Å². The number of aromatic nitrogens is 2. The van der Waals surface area contributed by atoms with E-state index in [2.05, 4.69) is 36.6 Å². The molecule has 0 unspecified atom stereocenters. The van der Waals surface area contributed by atoms with Crippen LogP contribution in [0.25, 0.3) is 11.0 Å². The molecule has 0 bridgehead atoms. The van der Waals surface area contributed by atoms with Gasteiger partial charge in [0.2, 0.25) is 0 Å². The number of nitrogens with two attached hydrogens (primary N) is 1. The zero-order valence-electron chi connectivity index (χ0n) is 11.8. The van der Waals surface area contributed by atoms with Gasteiger partial charge in [0.1, 0.15) is 5.82 Å². The Balaban J connectivity index is 2.40. The number of unbranched alkanes of at least 4 members (excludes halogenated alkanes) is 1. The summed E-state index contributed by atoms with van der Waals surface area (Å²) in [5.74, 6) is 1.10. The van der Waals surface area contributed by atoms with Gasteiger partial charge in [0.05, 0.1) is 11.0 Å². The van der Waals surface area contributed by atoms with Crippen molar-refractivity contribution < 1.29 is 5.11 Å². The molecule has 19 heavy (non-hydrogen) atoms. The molecule has 1 aromatic carbocycles. The summed E-state index contributed by atoms with van der Waals surface area (Å²) in [6.07, 6.45) is 2.71. The minimum absolute atomic E-state index is 0.249. The summed E-state index contributed by atoms with van der Waals surface area (Å²) < 4.78 is 2.28. The van der Waals surface area contributed by atoms with Crippen LogP contribution in [0.1, 0.15) is 44.1 Å². The van der Waals surface area contributed by atoms with E-state index in [9.17, 15) is 0 Å². The van der Waals surface area contributed by atoms with E-state index in [0.717, 1.165) is 36.2 Å². The number of aliphatic hydroxyl groups excluding tert-OH is 1. The maximum absolute atomic E-state index is 8.89. The minimum atomic E-state index is 0.249. The molecule has 4 heteroatoms. The second kappa shape index (κ2) is 6.17. The third-order valence-corrected chi connectivity index (χ3v) is 3.39. The van der Waals surface area contributed by atoms with Crippen LogP contribution in [-0.2, 0) is 13.0 Å². The SMILES string of the molecule is CC(C)n1c(CCCCO)nc2cc(CN)ccc21. The van der Waals surface area contributed by atoms with Gasteiger partial charge in [-0.25, -0.2) is 4.98 Å². The van der Waals surface area contributed by atoms with Gasteiger partial charge in [0.15, 0.2) is 0 Å². The highest BCUT2D eigenvalue weighted by molar-refractivity contribution is 5.77. The molecule has 0 atom stereocenters. The number of hydrogen-bond donors (Lipinski definition) is 2. The Labute approximate surface area is 114 Å². The number of aliphatic hydroxyl groups is 1. The van der Waals surface area contributed by atoms with Crippen molar-refractivity contribution in [1.82, 2.24) is 9.55 Å². The Morgan fingerprint density at radius 2 is 2.11 bits per heavy atom. The van der Waals surface area contributed by atoms with Crippen molar-refractivity contribution in [3.05, 3.63) is 29.6 Å². The molecule has 2 aromatic rings. The lowest BCUT2D eigenvalue weighted by atomic mass is 10.2. The van der Waals surface area contributed by atoms with E-state index in [4.69, 9.17) is 15.8 Å². The van der Waals surface area contributed by atoms with Crippen molar-refractivity contribution in [1.29, 1.82) is 0 Å². The maximum atomic E-state index is 8.89. The number of hydrogen-bond acceptors (Lipinski definition) is 3. The first kappa shape index (κ1) is 14.0. The predicted octanol–water partition coefficient (Wildman–Crippen LogP) is 2.39. The standard InChI is InChI=1S/C15H23N3O/c1-11(2)18-14-7-6-12(10-16)9-13(14)17-15(18)5-3-4-8-19/h6-7,9,11,19H,3-5,8,10,16H2,1-2H3. The minimum Gasteiger partial charge on any atom is -0.396 e. The van der Waals surface area contributed by atoms with E-state index >= 15 is 0 Å². The average Bonchev–Trinajstić information content (AvgIpc) is 2.76. The Kier molecular flexibility index (Phi) is 4.56. The molecule has 0 saturated carbocycles. The van der Waals surface area contributed by atoms with E-state index < -0.39 is 0 Å². The zero-order chi connectivity index (χ0) is 13.8. The zero-order valence-corrected chi connectivity index (χ0v) is 11.8. The van der Waals surface area contributed by atoms with Crippen LogP contribution in [0.5, 0.6) is 0 Å². The lowest BCUT2D eigenvalue weighted by Crippen LogP contribution is -2.06. The number of imidazole rings is 1. The fraction of sp³-hybridized carbons (Fsp3) is 0.533. The summed E-state index contributed by atoms with van der Waals surface area (Å²) in [4.78, 5) is 4.74. The molecule has 4 nitrogen and oxygen atoms in total. The Hall–Kier alpha value is -1.39. The van der Waals surface area contributed by atoms with Crippen molar-refractivity contribution in [2.24, 2.45) is 5.73 Å². The van der Waals surface area contributed by atoms with Crippen molar-refractivity contribution in [2.45, 2.75) is 45.7 Å². The highest BCUT2D eigenvalue weighted by Crippen LogP contribution is 2.23. The topological polar surface area (TPSA) is 64.1 Å². The van der Waals surface area contributed by atoms with Gasteiger partial charge in [-0.2, -0.15) is 0 Å². The molecule has 3 N–H and O–H groups in total. The Morgan fingerprint density at radius 3 is 2.74 bits per heavy atom. The first-order chi connectivity index (χ1) is 9.17. The lowest BCUT2D eigenvalue weighted by molar-refractivity contribution is 0.284. The van der Waals surface area contributed by atoms with Gasteiger partial charge in [-0.05, 0) is 44.4 Å². The summed E-state index contributed by atoms with van der Waals surface area (Å²) in [6, 6.07) is 6.64. The summed E-state index contributed by atoms with van der Waals surface area (Å²) in [7, 11) is 0. The summed E-state index contributed by atoms with van der Waals surface area (Å²) >= 11 is 0. The highest BCUT2D eigenvalue weighted by Gasteiger charge is 2.13. The molecule has 2 rings (SSSR count). The van der Waals surface area contributed by atoms with Crippen molar-refractivity contribution >= 4 is 11.0 Å². The van der Waals surface area contributed by atoms with E-state index in [0.29, 0.717) is 12.6 Å². The van der Waals surface area contributed by atoms with Crippen LogP contribution >= 0.6 is 0 Å². The first-order valence-electron chi connectivity index (χ1n) is 6.98. The smallest absolute Gasteiger partial charge is 0.110 e. The van der Waals surface area contributed by atoms with Crippen LogP contribution in [0.15, 0.2) is 18.2 Å². The van der Waals surface area contributed by atoms with E-state index in [1.54, 1.807) is 0 Å². The number of fused-ring (bicyclic) bond motifs is 1. The predicted molar refractivity (Wildman–Crippen MR) is 78.0 cm³/mol. The van der Waals surface area contributed by atoms with Crippen LogP contribution in [0.4, 0.5) is 0 Å². The largest absolute Gasteiger partial charge is 0.396 e. The third kappa shape index (κ3) is 2.96. The van der Waals surface area contributed by atoms with E-state index in [1.807, 2.05) is 0 Å². The number of aryl methyl sites for hydroxylation is 1. The van der Waals surface area contributed by atoms with Gasteiger partial charge < -0.3 is 15.4 Å². The Morgan fingerprint density at radius 1 is 1.32 bits per heavy atom. The summed E-state index contributed by atoms with van der Waals surface area (Å²) in [5, 5.41) is 8.89. The molecule has 1 aromatic heterocycles. The van der Waals surface area contributed by atoms with E-state index in [1.165, 1.54) is 5.52 Å². The maximum Gasteiger partial charge on any atom is 0.110 e. The molecule has 0 radical (unpaired) electrons. The van der Waals surface area contributed by atoms with Gasteiger partial charge in [-0.15, -0.1) is 0 Å². The monoisotopic (exact) mass is 261 g/mol. The fourth-order valence-corrected chi connectivity index (χ4v) is 2.47. The third-order valence-electron chi connectivity index (χ3n) is 3.39. The van der Waals surface area contributed by atoms with Crippen molar-refractivity contribution in [3.8, 4) is 0 Å². The van der Waals surface area contributed by atoms with Crippen LogP contribution in [0, 0.1) is 0 Å². The molecule has 0 aliphatic rings. The molecule has 0 saturated heterocycles. The molecular weight excluding hydrogens is 238 g/mol. The van der Waals surface area contributed by atoms with Crippen molar-refractivity contribution in [2.75, 3.05) is 6.61 Å². The Bertz CT molecular complexity index is 546. The average molecular weight is 261 g/mol. The molecule has 0 aliphatic carbocycles. The molecule has 1 heterocycles. The normalized spacial score (nSPS) is 11.6. The van der Waals surface area contributed by atoms with Gasteiger partial charge in [0, 0.05) is 25.6 Å². The lowest BCUT2D eigenvalue weighted by Gasteiger charge is -2.13. The molecule has 0 aliphatic heterocycles.